The van der Waals surface area contributed by atoms with Crippen LogP contribution in [0.15, 0.2) is 12.1 Å². The van der Waals surface area contributed by atoms with E-state index in [9.17, 15) is 9.90 Å². The Labute approximate surface area is 171 Å². The highest BCUT2D eigenvalue weighted by Gasteiger charge is 2.37. The minimum absolute atomic E-state index is 0.0464. The molecule has 1 amide bonds. The van der Waals surface area contributed by atoms with E-state index in [1.54, 1.807) is 11.8 Å². The average molecular weight is 402 g/mol. The van der Waals surface area contributed by atoms with Gasteiger partial charge in [-0.15, -0.1) is 15.3 Å². The Kier molecular flexibility index (Phi) is 5.44. The zero-order chi connectivity index (χ0) is 20.6. The number of hydrogen-bond acceptors (Lipinski definition) is 7. The molecule has 0 aliphatic carbocycles. The van der Waals surface area contributed by atoms with Crippen LogP contribution in [0.2, 0.25) is 0 Å². The van der Waals surface area contributed by atoms with Gasteiger partial charge < -0.3 is 19.8 Å². The maximum absolute atomic E-state index is 11.7. The second-order valence-corrected chi connectivity index (χ2v) is 8.73. The number of piperidine rings is 2. The van der Waals surface area contributed by atoms with Crippen molar-refractivity contribution in [1.29, 1.82) is 0 Å². The highest BCUT2D eigenvalue weighted by atomic mass is 16.3. The van der Waals surface area contributed by atoms with Crippen molar-refractivity contribution in [1.82, 2.24) is 29.6 Å². The van der Waals surface area contributed by atoms with Crippen LogP contribution in [0.4, 0.5) is 5.82 Å². The van der Waals surface area contributed by atoms with Crippen molar-refractivity contribution in [3.8, 4) is 0 Å². The summed E-state index contributed by atoms with van der Waals surface area (Å²) in [5.74, 6) is 2.15. The summed E-state index contributed by atoms with van der Waals surface area (Å²) in [7, 11) is 3.94. The van der Waals surface area contributed by atoms with E-state index in [0.29, 0.717) is 19.0 Å². The molecule has 2 aliphatic rings. The van der Waals surface area contributed by atoms with Gasteiger partial charge in [-0.1, -0.05) is 0 Å². The van der Waals surface area contributed by atoms with Crippen LogP contribution in [-0.4, -0.2) is 93.0 Å². The molecule has 0 spiro atoms. The summed E-state index contributed by atoms with van der Waals surface area (Å²) >= 11 is 0. The third kappa shape index (κ3) is 4.20. The first-order valence-electron chi connectivity index (χ1n) is 10.4. The van der Waals surface area contributed by atoms with Crippen molar-refractivity contribution in [2.45, 2.75) is 44.1 Å². The third-order valence-corrected chi connectivity index (χ3v) is 6.20. The Hall–Kier alpha value is -2.26. The lowest BCUT2D eigenvalue weighted by Gasteiger charge is -2.43. The SMILES string of the molecule is CC(=O)N1CCCC(O)(CN2CCC(c3nnc4ccc(N(C)C)nn34)CC2)C1. The zero-order valence-corrected chi connectivity index (χ0v) is 17.6. The van der Waals surface area contributed by atoms with Crippen LogP contribution in [0.3, 0.4) is 0 Å². The number of aliphatic hydroxyl groups is 1. The molecule has 2 aromatic rings. The second-order valence-electron chi connectivity index (χ2n) is 8.73. The van der Waals surface area contributed by atoms with E-state index in [0.717, 1.165) is 62.6 Å². The lowest BCUT2D eigenvalue weighted by Crippen LogP contribution is -2.56. The van der Waals surface area contributed by atoms with Crippen molar-refractivity contribution < 1.29 is 9.90 Å². The quantitative estimate of drug-likeness (QED) is 0.808. The van der Waals surface area contributed by atoms with Crippen molar-refractivity contribution in [2.75, 3.05) is 51.7 Å². The van der Waals surface area contributed by atoms with Gasteiger partial charge in [0.1, 0.15) is 5.82 Å². The van der Waals surface area contributed by atoms with Gasteiger partial charge in [0.05, 0.1) is 12.1 Å². The highest BCUT2D eigenvalue weighted by molar-refractivity contribution is 5.73. The van der Waals surface area contributed by atoms with E-state index in [1.165, 1.54) is 0 Å². The average Bonchev–Trinajstić information content (AvgIpc) is 3.11. The monoisotopic (exact) mass is 401 g/mol. The normalized spacial score (nSPS) is 24.2. The number of amides is 1. The van der Waals surface area contributed by atoms with Gasteiger partial charge in [0, 0.05) is 40.0 Å². The number of β-amino-alcohol motifs (C(OH)–C–C–N with tert-alkyl or cyclic N) is 1. The van der Waals surface area contributed by atoms with Crippen LogP contribution in [0.5, 0.6) is 0 Å². The second kappa shape index (κ2) is 7.87. The van der Waals surface area contributed by atoms with E-state index >= 15 is 0 Å². The molecule has 0 aromatic carbocycles. The fraction of sp³-hybridized carbons (Fsp3) is 0.700. The van der Waals surface area contributed by atoms with E-state index in [4.69, 9.17) is 0 Å². The van der Waals surface area contributed by atoms with Crippen LogP contribution in [0.25, 0.3) is 5.65 Å². The molecular weight excluding hydrogens is 370 g/mol. The number of rotatable bonds is 4. The topological polar surface area (TPSA) is 90.1 Å². The maximum atomic E-state index is 11.7. The van der Waals surface area contributed by atoms with Crippen LogP contribution in [0.1, 0.15) is 44.3 Å². The van der Waals surface area contributed by atoms with Crippen molar-refractivity contribution >= 4 is 17.4 Å². The fourth-order valence-electron chi connectivity index (χ4n) is 4.56. The molecule has 0 saturated carbocycles. The maximum Gasteiger partial charge on any atom is 0.219 e. The van der Waals surface area contributed by atoms with E-state index in [2.05, 4.69) is 20.2 Å². The van der Waals surface area contributed by atoms with E-state index in [1.807, 2.05) is 35.6 Å². The van der Waals surface area contributed by atoms with Gasteiger partial charge in [-0.2, -0.15) is 4.52 Å². The van der Waals surface area contributed by atoms with Gasteiger partial charge in [0.2, 0.25) is 5.91 Å². The minimum Gasteiger partial charge on any atom is -0.387 e. The van der Waals surface area contributed by atoms with Gasteiger partial charge >= 0.3 is 0 Å². The molecule has 9 nitrogen and oxygen atoms in total. The predicted molar refractivity (Wildman–Crippen MR) is 110 cm³/mol. The van der Waals surface area contributed by atoms with Crippen molar-refractivity contribution in [2.24, 2.45) is 0 Å². The molecule has 4 heterocycles. The summed E-state index contributed by atoms with van der Waals surface area (Å²) in [4.78, 5) is 17.8. The number of hydrogen-bond donors (Lipinski definition) is 1. The number of anilines is 1. The smallest absolute Gasteiger partial charge is 0.219 e. The number of carbonyl (C=O) groups excluding carboxylic acids is 1. The highest BCUT2D eigenvalue weighted by Crippen LogP contribution is 2.29. The molecule has 0 bridgehead atoms. The van der Waals surface area contributed by atoms with Crippen LogP contribution in [-0.2, 0) is 4.79 Å². The summed E-state index contributed by atoms with van der Waals surface area (Å²) < 4.78 is 1.87. The first kappa shape index (κ1) is 20.0. The number of carbonyl (C=O) groups is 1. The Morgan fingerprint density at radius 1 is 1.24 bits per heavy atom. The Bertz CT molecular complexity index is 875. The van der Waals surface area contributed by atoms with Crippen molar-refractivity contribution in [3.05, 3.63) is 18.0 Å². The number of likely N-dealkylation sites (tertiary alicyclic amines) is 2. The first-order valence-corrected chi connectivity index (χ1v) is 10.4. The Morgan fingerprint density at radius 2 is 2.00 bits per heavy atom. The summed E-state index contributed by atoms with van der Waals surface area (Å²) in [6.07, 6.45) is 3.53. The van der Waals surface area contributed by atoms with E-state index in [-0.39, 0.29) is 5.91 Å². The summed E-state index contributed by atoms with van der Waals surface area (Å²) in [5, 5.41) is 24.4. The summed E-state index contributed by atoms with van der Waals surface area (Å²) in [6.45, 7) is 5.18. The van der Waals surface area contributed by atoms with Gasteiger partial charge in [0.15, 0.2) is 11.5 Å². The van der Waals surface area contributed by atoms with Crippen LogP contribution < -0.4 is 4.90 Å². The fourth-order valence-corrected chi connectivity index (χ4v) is 4.56. The molecule has 29 heavy (non-hydrogen) atoms. The predicted octanol–water partition coefficient (Wildman–Crippen LogP) is 0.743. The molecular formula is C20H31N7O2. The van der Waals surface area contributed by atoms with E-state index < -0.39 is 5.60 Å². The molecule has 2 aliphatic heterocycles. The molecule has 9 heteroatoms. The Morgan fingerprint density at radius 3 is 2.69 bits per heavy atom. The van der Waals surface area contributed by atoms with Crippen LogP contribution in [0, 0.1) is 0 Å². The molecule has 1 unspecified atom stereocenters. The molecule has 4 rings (SSSR count). The molecule has 158 valence electrons. The minimum atomic E-state index is -0.805. The number of nitrogens with zero attached hydrogens (tertiary/aromatic N) is 7. The standard InChI is InChI=1S/C20H31N7O2/c1-15(28)26-10-4-9-20(29,14-26)13-25-11-7-16(8-12-25)19-22-21-17-5-6-18(24(2)3)23-27(17)19/h5-6,16,29H,4,7-14H2,1-3H3. The molecule has 2 saturated heterocycles. The van der Waals surface area contributed by atoms with Gasteiger partial charge in [-0.3, -0.25) is 4.79 Å². The Balaban J connectivity index is 1.40. The molecule has 0 radical (unpaired) electrons. The van der Waals surface area contributed by atoms with Gasteiger partial charge in [-0.05, 0) is 50.9 Å². The largest absolute Gasteiger partial charge is 0.387 e. The molecule has 2 aromatic heterocycles. The zero-order valence-electron chi connectivity index (χ0n) is 17.6. The van der Waals surface area contributed by atoms with Crippen molar-refractivity contribution in [3.63, 3.8) is 0 Å². The molecule has 2 fully saturated rings. The van der Waals surface area contributed by atoms with Gasteiger partial charge in [-0.25, -0.2) is 0 Å². The lowest BCUT2D eigenvalue weighted by molar-refractivity contribution is -0.137. The lowest BCUT2D eigenvalue weighted by atomic mass is 9.90. The number of fused-ring (bicyclic) bond motifs is 1. The van der Waals surface area contributed by atoms with Crippen LogP contribution >= 0.6 is 0 Å². The number of aromatic nitrogens is 4. The molecule has 1 atom stereocenters. The summed E-state index contributed by atoms with van der Waals surface area (Å²) in [5.41, 5.74) is -0.0330. The summed E-state index contributed by atoms with van der Waals surface area (Å²) in [6, 6.07) is 3.90. The van der Waals surface area contributed by atoms with Gasteiger partial charge in [0.25, 0.3) is 0 Å². The first-order chi connectivity index (χ1) is 13.8. The third-order valence-electron chi connectivity index (χ3n) is 6.20. The molecule has 1 N–H and O–H groups in total.